The van der Waals surface area contributed by atoms with Crippen molar-refractivity contribution in [1.82, 2.24) is 15.2 Å². The normalized spacial score (nSPS) is 11.5. The number of aromatic nitrogens is 1. The topological polar surface area (TPSA) is 93.5 Å². The van der Waals surface area contributed by atoms with Gasteiger partial charge in [0.05, 0.1) is 24.2 Å². The molecule has 0 aliphatic carbocycles. The van der Waals surface area contributed by atoms with E-state index in [4.69, 9.17) is 4.74 Å². The molecule has 0 bridgehead atoms. The zero-order chi connectivity index (χ0) is 15.3. The molecule has 0 atom stereocenters. The summed E-state index contributed by atoms with van der Waals surface area (Å²) in [4.78, 5) is 0.178. The van der Waals surface area contributed by atoms with E-state index >= 15 is 0 Å². The van der Waals surface area contributed by atoms with Crippen LogP contribution in [0.5, 0.6) is 5.75 Å². The van der Waals surface area contributed by atoms with Gasteiger partial charge >= 0.3 is 0 Å². The van der Waals surface area contributed by atoms with Crippen LogP contribution in [0.25, 0.3) is 0 Å². The Hall–Kier alpha value is -1.90. The summed E-state index contributed by atoms with van der Waals surface area (Å²) < 4.78 is 36.8. The van der Waals surface area contributed by atoms with E-state index in [0.717, 1.165) is 5.56 Å². The average Bonchev–Trinajstić information content (AvgIpc) is 2.99. The number of hydrogen-bond acceptors (Lipinski definition) is 6. The highest BCUT2D eigenvalue weighted by Crippen LogP contribution is 2.22. The standard InChI is InChI=1S/C13H17N3O4S/c1-14-8-10-7-12(3-4-13(10)19-2)21(17,18)15-9-11-5-6-20-16-11/h3-7,14-15H,8-9H2,1-2H3. The number of sulfonamides is 1. The number of hydrogen-bond donors (Lipinski definition) is 2. The lowest BCUT2D eigenvalue weighted by Gasteiger charge is -2.11. The van der Waals surface area contributed by atoms with Crippen molar-refractivity contribution in [3.05, 3.63) is 41.8 Å². The summed E-state index contributed by atoms with van der Waals surface area (Å²) in [6.45, 7) is 0.585. The van der Waals surface area contributed by atoms with Crippen molar-refractivity contribution >= 4 is 10.0 Å². The molecule has 7 nitrogen and oxygen atoms in total. The Bertz CT molecular complexity index is 683. The van der Waals surface area contributed by atoms with E-state index < -0.39 is 10.0 Å². The number of ether oxygens (including phenoxy) is 1. The third-order valence-corrected chi connectivity index (χ3v) is 4.26. The van der Waals surface area contributed by atoms with E-state index in [-0.39, 0.29) is 11.4 Å². The fourth-order valence-electron chi connectivity index (χ4n) is 1.83. The molecule has 1 aromatic carbocycles. The van der Waals surface area contributed by atoms with Crippen LogP contribution >= 0.6 is 0 Å². The first-order valence-electron chi connectivity index (χ1n) is 6.27. The summed E-state index contributed by atoms with van der Waals surface area (Å²) in [5.74, 6) is 0.639. The number of benzene rings is 1. The summed E-state index contributed by atoms with van der Waals surface area (Å²) in [6.07, 6.45) is 1.39. The van der Waals surface area contributed by atoms with Crippen LogP contribution in [-0.4, -0.2) is 27.7 Å². The van der Waals surface area contributed by atoms with Crippen LogP contribution in [0.1, 0.15) is 11.3 Å². The van der Waals surface area contributed by atoms with Gasteiger partial charge in [0.1, 0.15) is 12.0 Å². The predicted octanol–water partition coefficient (Wildman–Crippen LogP) is 0.881. The van der Waals surface area contributed by atoms with E-state index in [1.165, 1.54) is 12.3 Å². The zero-order valence-corrected chi connectivity index (χ0v) is 12.6. The molecule has 1 heterocycles. The quantitative estimate of drug-likeness (QED) is 0.788. The maximum atomic E-state index is 12.3. The smallest absolute Gasteiger partial charge is 0.240 e. The van der Waals surface area contributed by atoms with Gasteiger partial charge in [-0.25, -0.2) is 13.1 Å². The minimum atomic E-state index is -3.62. The Morgan fingerprint density at radius 2 is 2.10 bits per heavy atom. The number of nitrogens with zero attached hydrogens (tertiary/aromatic N) is 1. The van der Waals surface area contributed by atoms with E-state index in [2.05, 4.69) is 19.7 Å². The van der Waals surface area contributed by atoms with Crippen LogP contribution in [0.3, 0.4) is 0 Å². The highest BCUT2D eigenvalue weighted by atomic mass is 32.2. The molecule has 8 heteroatoms. The van der Waals surface area contributed by atoms with E-state index in [9.17, 15) is 8.42 Å². The first-order valence-corrected chi connectivity index (χ1v) is 7.75. The van der Waals surface area contributed by atoms with Gasteiger partial charge in [0.25, 0.3) is 0 Å². The van der Waals surface area contributed by atoms with Gasteiger partial charge in [0.15, 0.2) is 0 Å². The SMILES string of the molecule is CNCc1cc(S(=O)(=O)NCc2ccon2)ccc1OC. The number of nitrogens with one attached hydrogen (secondary N) is 2. The van der Waals surface area contributed by atoms with Gasteiger partial charge in [0, 0.05) is 18.2 Å². The second kappa shape index (κ2) is 6.70. The Morgan fingerprint density at radius 3 is 2.71 bits per heavy atom. The van der Waals surface area contributed by atoms with Crippen LogP contribution in [0.4, 0.5) is 0 Å². The van der Waals surface area contributed by atoms with Crippen molar-refractivity contribution in [3.63, 3.8) is 0 Å². The largest absolute Gasteiger partial charge is 0.496 e. The molecule has 0 aliphatic rings. The van der Waals surface area contributed by atoms with Gasteiger partial charge in [-0.05, 0) is 25.2 Å². The second-order valence-corrected chi connectivity index (χ2v) is 6.09. The van der Waals surface area contributed by atoms with Crippen molar-refractivity contribution in [3.8, 4) is 5.75 Å². The monoisotopic (exact) mass is 311 g/mol. The highest BCUT2D eigenvalue weighted by molar-refractivity contribution is 7.89. The van der Waals surface area contributed by atoms with Gasteiger partial charge in [-0.3, -0.25) is 0 Å². The number of methoxy groups -OCH3 is 1. The molecule has 0 radical (unpaired) electrons. The lowest BCUT2D eigenvalue weighted by atomic mass is 10.2. The fourth-order valence-corrected chi connectivity index (χ4v) is 2.88. The molecule has 0 saturated heterocycles. The van der Waals surface area contributed by atoms with Gasteiger partial charge in [-0.1, -0.05) is 5.16 Å². The minimum Gasteiger partial charge on any atom is -0.496 e. The second-order valence-electron chi connectivity index (χ2n) is 4.32. The van der Waals surface area contributed by atoms with Crippen LogP contribution in [-0.2, 0) is 23.1 Å². The molecule has 0 unspecified atom stereocenters. The first kappa shape index (κ1) is 15.5. The summed E-state index contributed by atoms with van der Waals surface area (Å²) >= 11 is 0. The summed E-state index contributed by atoms with van der Waals surface area (Å²) in [5.41, 5.74) is 1.28. The van der Waals surface area contributed by atoms with Crippen LogP contribution in [0.2, 0.25) is 0 Å². The maximum absolute atomic E-state index is 12.3. The Kier molecular flexibility index (Phi) is 4.94. The van der Waals surface area contributed by atoms with Gasteiger partial charge in [-0.15, -0.1) is 0 Å². The van der Waals surface area contributed by atoms with E-state index in [1.807, 2.05) is 0 Å². The Morgan fingerprint density at radius 1 is 1.29 bits per heavy atom. The molecule has 0 amide bonds. The maximum Gasteiger partial charge on any atom is 0.240 e. The third kappa shape index (κ3) is 3.81. The molecule has 0 fully saturated rings. The fraction of sp³-hybridized carbons (Fsp3) is 0.308. The average molecular weight is 311 g/mol. The zero-order valence-electron chi connectivity index (χ0n) is 11.8. The van der Waals surface area contributed by atoms with Crippen molar-refractivity contribution in [2.24, 2.45) is 0 Å². The summed E-state index contributed by atoms with van der Waals surface area (Å²) in [6, 6.07) is 6.32. The lowest BCUT2D eigenvalue weighted by Crippen LogP contribution is -2.23. The Labute approximate surface area is 123 Å². The third-order valence-electron chi connectivity index (χ3n) is 2.86. The van der Waals surface area contributed by atoms with Crippen molar-refractivity contribution in [2.75, 3.05) is 14.2 Å². The van der Waals surface area contributed by atoms with Gasteiger partial charge in [-0.2, -0.15) is 0 Å². The minimum absolute atomic E-state index is 0.0756. The van der Waals surface area contributed by atoms with E-state index in [0.29, 0.717) is 18.0 Å². The number of rotatable bonds is 7. The van der Waals surface area contributed by atoms with E-state index in [1.54, 1.807) is 32.4 Å². The van der Waals surface area contributed by atoms with Gasteiger partial charge < -0.3 is 14.6 Å². The summed E-state index contributed by atoms with van der Waals surface area (Å²) in [5, 5.41) is 6.63. The van der Waals surface area contributed by atoms with Crippen molar-refractivity contribution < 1.29 is 17.7 Å². The molecule has 0 spiro atoms. The van der Waals surface area contributed by atoms with Crippen LogP contribution in [0.15, 0.2) is 39.9 Å². The molecule has 114 valence electrons. The molecular formula is C13H17N3O4S. The first-order chi connectivity index (χ1) is 10.1. The molecule has 1 aromatic heterocycles. The molecule has 2 rings (SSSR count). The molecular weight excluding hydrogens is 294 g/mol. The summed E-state index contributed by atoms with van der Waals surface area (Å²) in [7, 11) is -0.289. The predicted molar refractivity (Wildman–Crippen MR) is 76.3 cm³/mol. The van der Waals surface area contributed by atoms with Crippen LogP contribution in [0, 0.1) is 0 Å². The molecule has 21 heavy (non-hydrogen) atoms. The molecule has 2 aromatic rings. The Balaban J connectivity index is 2.20. The highest BCUT2D eigenvalue weighted by Gasteiger charge is 2.16. The van der Waals surface area contributed by atoms with Crippen molar-refractivity contribution in [1.29, 1.82) is 0 Å². The molecule has 0 aliphatic heterocycles. The molecule has 0 saturated carbocycles. The molecule has 2 N–H and O–H groups in total. The lowest BCUT2D eigenvalue weighted by molar-refractivity contribution is 0.408. The van der Waals surface area contributed by atoms with Crippen LogP contribution < -0.4 is 14.8 Å². The van der Waals surface area contributed by atoms with Crippen molar-refractivity contribution in [2.45, 2.75) is 18.0 Å². The van der Waals surface area contributed by atoms with Gasteiger partial charge in [0.2, 0.25) is 10.0 Å².